The molecule has 3 rings (SSSR count). The summed E-state index contributed by atoms with van der Waals surface area (Å²) in [5.74, 6) is -3.15. The minimum atomic E-state index is -1.61. The summed E-state index contributed by atoms with van der Waals surface area (Å²) in [6.45, 7) is 0. The first kappa shape index (κ1) is 25.4. The van der Waals surface area contributed by atoms with Crippen LogP contribution in [0.1, 0.15) is 46.4 Å². The van der Waals surface area contributed by atoms with E-state index in [1.807, 2.05) is 0 Å². The Hall–Kier alpha value is -2.61. The second-order valence-electron chi connectivity index (χ2n) is 6.63. The number of carboxylic acids is 2. The van der Waals surface area contributed by atoms with Crippen LogP contribution in [-0.4, -0.2) is 29.1 Å². The molecule has 0 aromatic heterocycles. The van der Waals surface area contributed by atoms with Crippen LogP contribution in [0.4, 0.5) is 11.4 Å². The second kappa shape index (κ2) is 12.2. The third-order valence-corrected chi connectivity index (χ3v) is 4.45. The van der Waals surface area contributed by atoms with E-state index in [9.17, 15) is 19.8 Å². The molecule has 162 valence electrons. The number of carbonyl (C=O) groups is 2. The first-order valence-corrected chi connectivity index (χ1v) is 9.06. The van der Waals surface area contributed by atoms with Crippen LogP contribution in [-0.2, 0) is 21.1 Å². The predicted molar refractivity (Wildman–Crippen MR) is 102 cm³/mol. The first-order chi connectivity index (χ1) is 13.8. The SMILES string of the molecule is NC1CCCCC1N.O=C([O-])c1cc(N=Nc2ccc([O-])cc2)ccc1C(=O)O.[Pt+2]. The Kier molecular flexibility index (Phi) is 10.3. The zero-order valence-corrected chi connectivity index (χ0v) is 18.2. The van der Waals surface area contributed by atoms with Crippen LogP contribution in [0.2, 0.25) is 0 Å². The van der Waals surface area contributed by atoms with E-state index in [1.165, 1.54) is 43.2 Å². The van der Waals surface area contributed by atoms with Crippen LogP contribution in [0, 0.1) is 0 Å². The van der Waals surface area contributed by atoms with Gasteiger partial charge in [0.2, 0.25) is 0 Å². The Bertz CT molecular complexity index is 879. The molecule has 0 heterocycles. The molecule has 0 radical (unpaired) electrons. The maximum absolute atomic E-state index is 10.9. The molecule has 0 bridgehead atoms. The maximum Gasteiger partial charge on any atom is 2.00 e. The Labute approximate surface area is 188 Å². The molecule has 0 saturated heterocycles. The van der Waals surface area contributed by atoms with E-state index in [4.69, 9.17) is 16.6 Å². The number of hydrogen-bond donors (Lipinski definition) is 3. The summed E-state index contributed by atoms with van der Waals surface area (Å²) in [4.78, 5) is 21.8. The zero-order valence-electron chi connectivity index (χ0n) is 16.0. The molecule has 5 N–H and O–H groups in total. The summed E-state index contributed by atoms with van der Waals surface area (Å²) in [6.07, 6.45) is 4.80. The monoisotopic (exact) mass is 593 g/mol. The average molecular weight is 593 g/mol. The summed E-state index contributed by atoms with van der Waals surface area (Å²) in [5.41, 5.74) is 11.0. The number of rotatable bonds is 4. The van der Waals surface area contributed by atoms with Crippen molar-refractivity contribution < 1.29 is 46.0 Å². The number of carboxylic acid groups (broad SMARTS) is 2. The molecule has 30 heavy (non-hydrogen) atoms. The van der Waals surface area contributed by atoms with Crippen molar-refractivity contribution in [3.05, 3.63) is 53.6 Å². The van der Waals surface area contributed by atoms with E-state index in [2.05, 4.69) is 10.2 Å². The first-order valence-electron chi connectivity index (χ1n) is 9.06. The van der Waals surface area contributed by atoms with Gasteiger partial charge in [0.15, 0.2) is 0 Å². The Morgan fingerprint density at radius 2 is 1.40 bits per heavy atom. The molecule has 1 fully saturated rings. The van der Waals surface area contributed by atoms with E-state index in [-0.39, 0.29) is 50.1 Å². The number of aromatic carboxylic acids is 2. The number of carbonyl (C=O) groups excluding carboxylic acids is 1. The molecule has 2 unspecified atom stereocenters. The minimum Gasteiger partial charge on any atom is -0.872 e. The number of azo groups is 1. The number of benzene rings is 2. The van der Waals surface area contributed by atoms with Crippen molar-refractivity contribution in [2.45, 2.75) is 37.8 Å². The summed E-state index contributed by atoms with van der Waals surface area (Å²) in [5, 5.41) is 38.3. The quantitative estimate of drug-likeness (QED) is 0.449. The fourth-order valence-electron chi connectivity index (χ4n) is 2.77. The van der Waals surface area contributed by atoms with E-state index in [1.54, 1.807) is 0 Å². The summed E-state index contributed by atoms with van der Waals surface area (Å²) < 4.78 is 0. The predicted octanol–water partition coefficient (Wildman–Crippen LogP) is 1.45. The molecule has 2 atom stereocenters. The van der Waals surface area contributed by atoms with Gasteiger partial charge in [-0.2, -0.15) is 10.2 Å². The smallest absolute Gasteiger partial charge is 0.872 e. The van der Waals surface area contributed by atoms with Gasteiger partial charge < -0.3 is 31.6 Å². The fourth-order valence-corrected chi connectivity index (χ4v) is 2.77. The van der Waals surface area contributed by atoms with Crippen LogP contribution in [0.15, 0.2) is 52.7 Å². The van der Waals surface area contributed by atoms with Crippen molar-refractivity contribution in [1.82, 2.24) is 0 Å². The average Bonchev–Trinajstić information content (AvgIpc) is 2.70. The third kappa shape index (κ3) is 7.66. The van der Waals surface area contributed by atoms with Crippen molar-refractivity contribution in [2.24, 2.45) is 21.7 Å². The van der Waals surface area contributed by atoms with Crippen molar-refractivity contribution in [3.8, 4) is 5.75 Å². The van der Waals surface area contributed by atoms with Crippen LogP contribution < -0.4 is 21.7 Å². The van der Waals surface area contributed by atoms with Crippen molar-refractivity contribution >= 4 is 23.3 Å². The van der Waals surface area contributed by atoms with Gasteiger partial charge in [0.1, 0.15) is 0 Å². The van der Waals surface area contributed by atoms with Crippen LogP contribution >= 0.6 is 0 Å². The van der Waals surface area contributed by atoms with Crippen LogP contribution in [0.5, 0.6) is 5.75 Å². The largest absolute Gasteiger partial charge is 2.00 e. The van der Waals surface area contributed by atoms with Gasteiger partial charge in [0, 0.05) is 17.6 Å². The molecule has 2 aromatic rings. The summed E-state index contributed by atoms with van der Waals surface area (Å²) in [7, 11) is 0. The number of nitrogens with two attached hydrogens (primary N) is 2. The van der Waals surface area contributed by atoms with E-state index >= 15 is 0 Å². The molecule has 2 aromatic carbocycles. The second-order valence-corrected chi connectivity index (χ2v) is 6.63. The van der Waals surface area contributed by atoms with Crippen LogP contribution in [0.25, 0.3) is 0 Å². The van der Waals surface area contributed by atoms with Crippen molar-refractivity contribution in [1.29, 1.82) is 0 Å². The van der Waals surface area contributed by atoms with E-state index in [0.29, 0.717) is 5.69 Å². The van der Waals surface area contributed by atoms with Gasteiger partial charge >= 0.3 is 27.0 Å². The summed E-state index contributed by atoms with van der Waals surface area (Å²) >= 11 is 0. The fraction of sp³-hybridized carbons (Fsp3) is 0.300. The third-order valence-electron chi connectivity index (χ3n) is 4.45. The van der Waals surface area contributed by atoms with Crippen LogP contribution in [0.3, 0.4) is 0 Å². The molecular weight excluding hydrogens is 571 g/mol. The van der Waals surface area contributed by atoms with Gasteiger partial charge in [-0.05, 0) is 43.2 Å². The number of hydrogen-bond acceptors (Lipinski definition) is 8. The van der Waals surface area contributed by atoms with Gasteiger partial charge in [0.05, 0.1) is 22.9 Å². The van der Waals surface area contributed by atoms with Gasteiger partial charge in [-0.15, -0.1) is 5.75 Å². The van der Waals surface area contributed by atoms with Gasteiger partial charge in [-0.3, -0.25) is 0 Å². The summed E-state index contributed by atoms with van der Waals surface area (Å²) in [6, 6.07) is 9.60. The zero-order chi connectivity index (χ0) is 21.4. The number of nitrogens with zero attached hydrogens (tertiary/aromatic N) is 2. The maximum atomic E-state index is 10.9. The van der Waals surface area contributed by atoms with Gasteiger partial charge in [-0.1, -0.05) is 25.0 Å². The standard InChI is InChI=1S/C14H10N2O5.C6H14N2.Pt/c17-10-4-1-8(2-5-10)15-16-9-3-6-11(13(18)19)12(7-9)14(20)21;7-5-3-1-2-4-6(5)8;/h1-7,17H,(H,18,19)(H,20,21);5-6H,1-4,7-8H2;/q;;+2/p-2. The molecular formula is C20H22N4O5Pt. The topological polar surface area (TPSA) is 177 Å². The van der Waals surface area contributed by atoms with E-state index < -0.39 is 17.5 Å². The molecule has 1 aliphatic carbocycles. The Morgan fingerprint density at radius 3 is 1.87 bits per heavy atom. The molecule has 0 amide bonds. The minimum absolute atomic E-state index is 0. The molecule has 0 spiro atoms. The molecule has 9 nitrogen and oxygen atoms in total. The van der Waals surface area contributed by atoms with Crippen molar-refractivity contribution in [3.63, 3.8) is 0 Å². The molecule has 1 saturated carbocycles. The molecule has 0 aliphatic heterocycles. The Morgan fingerprint density at radius 1 is 0.900 bits per heavy atom. The van der Waals surface area contributed by atoms with Gasteiger partial charge in [0.25, 0.3) is 0 Å². The Balaban J connectivity index is 0.000000421. The normalized spacial score (nSPS) is 18.1. The van der Waals surface area contributed by atoms with E-state index in [0.717, 1.165) is 25.0 Å². The molecule has 1 aliphatic rings. The molecule has 10 heteroatoms. The van der Waals surface area contributed by atoms with Gasteiger partial charge in [-0.25, -0.2) is 4.79 Å². The van der Waals surface area contributed by atoms with Crippen molar-refractivity contribution in [2.75, 3.05) is 0 Å².